The molecule has 3 aliphatic heterocycles. The third-order valence-electron chi connectivity index (χ3n) is 9.19. The van der Waals surface area contributed by atoms with E-state index in [-0.39, 0.29) is 19.6 Å². The number of hydrogen-bond acceptors (Lipinski definition) is 19. The maximum Gasteiger partial charge on any atom is 0.349 e. The second-order valence-electron chi connectivity index (χ2n) is 15.6. The maximum atomic E-state index is 13.6. The minimum absolute atomic E-state index is 0.0134. The van der Waals surface area contributed by atoms with E-state index in [4.69, 9.17) is 55.7 Å². The van der Waals surface area contributed by atoms with Crippen LogP contribution in [-0.4, -0.2) is 112 Å². The molecule has 25 heteroatoms. The number of phosphoric ester groups is 1. The van der Waals surface area contributed by atoms with Crippen LogP contribution in [0.25, 0.3) is 0 Å². The Balaban J connectivity index is 1.59. The zero-order valence-electron chi connectivity index (χ0n) is 33.8. The molecule has 58 heavy (non-hydrogen) atoms. The van der Waals surface area contributed by atoms with Gasteiger partial charge >= 0.3 is 34.8 Å². The highest BCUT2D eigenvalue weighted by Gasteiger charge is 2.65. The number of nitriles is 1. The zero-order valence-corrected chi connectivity index (χ0v) is 36.6. The van der Waals surface area contributed by atoms with Crippen LogP contribution in [-0.2, 0) is 69.4 Å². The number of nitrogens with one attached hydrogen (secondary N) is 2. The second-order valence-corrected chi connectivity index (χ2v) is 23.1. The first-order chi connectivity index (χ1) is 26.9. The van der Waals surface area contributed by atoms with E-state index in [1.165, 1.54) is 14.0 Å². The predicted molar refractivity (Wildman–Crippen MR) is 198 cm³/mol. The summed E-state index contributed by atoms with van der Waals surface area (Å²) in [5.74, 6) is -2.25. The Bertz CT molecular complexity index is 1830. The number of ether oxygens (including phenoxy) is 5. The van der Waals surface area contributed by atoms with Gasteiger partial charge in [-0.15, -0.1) is 0 Å². The summed E-state index contributed by atoms with van der Waals surface area (Å²) in [4.78, 5) is 76.8. The lowest BCUT2D eigenvalue weighted by atomic mass is 9.96. The summed E-state index contributed by atoms with van der Waals surface area (Å²) < 4.78 is 78.3. The monoisotopic (exact) mass is 881 g/mol. The summed E-state index contributed by atoms with van der Waals surface area (Å²) in [6.45, 7) is 14.3. The molecule has 3 aliphatic rings. The lowest BCUT2D eigenvalue weighted by Gasteiger charge is -2.58. The second kappa shape index (κ2) is 19.2. The molecular weight excluding hydrogens is 830 g/mol. The van der Waals surface area contributed by atoms with Crippen molar-refractivity contribution in [1.29, 1.82) is 5.26 Å². The van der Waals surface area contributed by atoms with Crippen LogP contribution in [0.5, 0.6) is 0 Å². The van der Waals surface area contributed by atoms with Gasteiger partial charge in [-0.25, -0.2) is 9.11 Å². The molecule has 0 radical (unpaired) electrons. The van der Waals surface area contributed by atoms with Gasteiger partial charge in [-0.05, 0) is 0 Å². The molecule has 4 heterocycles. The van der Waals surface area contributed by atoms with Crippen molar-refractivity contribution in [3.05, 3.63) is 33.1 Å². The van der Waals surface area contributed by atoms with Crippen LogP contribution in [0.15, 0.2) is 21.9 Å². The molecule has 22 nitrogen and oxygen atoms in total. The Morgan fingerprint density at radius 1 is 1.05 bits per heavy atom. The lowest BCUT2D eigenvalue weighted by molar-refractivity contribution is -0.288. The topological polar surface area (TPSA) is 284 Å². The summed E-state index contributed by atoms with van der Waals surface area (Å²) in [5.41, 5.74) is -1.68. The highest BCUT2D eigenvalue weighted by molar-refractivity contribution is 7.57. The van der Waals surface area contributed by atoms with Gasteiger partial charge in [0.15, 0.2) is 24.7 Å². The molecule has 3 fully saturated rings. The predicted octanol–water partition coefficient (Wildman–Crippen LogP) is 1.68. The van der Waals surface area contributed by atoms with E-state index >= 15 is 0 Å². The lowest BCUT2D eigenvalue weighted by Crippen LogP contribution is -2.73. The number of aromatic amines is 1. The van der Waals surface area contributed by atoms with Gasteiger partial charge in [0.1, 0.15) is 30.5 Å². The SMILES string of the molecule is COC1C(NC(C)=O)C(OP(=O)([O-])OP(OCCC#N)OCC2OC(n3ccc(=O)[nH]c3=O)C(OC(C)=O)C2OC(C)=O)OC2CO[Si](C(C)(C)C)(C(C)(C)C)OC21. The number of H-pyrrole nitrogens is 1. The fourth-order valence-electron chi connectivity index (χ4n) is 7.23. The number of esters is 2. The molecule has 2 N–H and O–H groups in total. The first-order valence-electron chi connectivity index (χ1n) is 18.1. The quantitative estimate of drug-likeness (QED) is 0.110. The van der Waals surface area contributed by atoms with Crippen molar-refractivity contribution >= 4 is 42.8 Å². The largest absolute Gasteiger partial charge is 0.756 e. The van der Waals surface area contributed by atoms with Gasteiger partial charge in [0.2, 0.25) is 5.91 Å². The number of methoxy groups -OCH3 is 1. The van der Waals surface area contributed by atoms with Gasteiger partial charge in [0, 0.05) is 50.2 Å². The summed E-state index contributed by atoms with van der Waals surface area (Å²) in [6, 6.07) is 1.58. The summed E-state index contributed by atoms with van der Waals surface area (Å²) >= 11 is 0. The van der Waals surface area contributed by atoms with E-state index in [0.717, 1.165) is 30.7 Å². The molecule has 1 aromatic heterocycles. The molecule has 0 saturated carbocycles. The van der Waals surface area contributed by atoms with Crippen LogP contribution < -0.4 is 21.5 Å². The third-order valence-corrected chi connectivity index (χ3v) is 16.9. The molecule has 326 valence electrons. The molecular formula is C33H51N4O18P2Si-. The van der Waals surface area contributed by atoms with Crippen LogP contribution in [0.3, 0.4) is 0 Å². The van der Waals surface area contributed by atoms with Crippen molar-refractivity contribution in [3.63, 3.8) is 0 Å². The molecule has 1 aromatic rings. The van der Waals surface area contributed by atoms with Gasteiger partial charge in [0.05, 0.1) is 32.3 Å². The minimum atomic E-state index is -5.54. The first-order valence-corrected chi connectivity index (χ1v) is 22.5. The zero-order chi connectivity index (χ0) is 43.4. The Kier molecular flexibility index (Phi) is 15.8. The van der Waals surface area contributed by atoms with Crippen LogP contribution in [0.4, 0.5) is 0 Å². The molecule has 0 aromatic carbocycles. The molecule has 11 unspecified atom stereocenters. The smallest absolute Gasteiger partial charge is 0.349 e. The number of hydrogen-bond donors (Lipinski definition) is 2. The third kappa shape index (κ3) is 11.2. The number of amides is 1. The van der Waals surface area contributed by atoms with Gasteiger partial charge in [0.25, 0.3) is 13.4 Å². The van der Waals surface area contributed by atoms with Crippen molar-refractivity contribution in [2.24, 2.45) is 0 Å². The Morgan fingerprint density at radius 3 is 2.24 bits per heavy atom. The van der Waals surface area contributed by atoms with Crippen LogP contribution >= 0.6 is 16.4 Å². The van der Waals surface area contributed by atoms with E-state index in [2.05, 4.69) is 5.32 Å². The fourth-order valence-corrected chi connectivity index (χ4v) is 14.4. The number of carbonyl (C=O) groups is 3. The van der Waals surface area contributed by atoms with Crippen LogP contribution in [0, 0.1) is 11.3 Å². The molecule has 3 saturated heterocycles. The fraction of sp³-hybridized carbons (Fsp3) is 0.758. The van der Waals surface area contributed by atoms with Crippen molar-refractivity contribution < 1.29 is 74.3 Å². The molecule has 4 rings (SSSR count). The van der Waals surface area contributed by atoms with Crippen LogP contribution in [0.1, 0.15) is 75.0 Å². The van der Waals surface area contributed by atoms with E-state index in [1.807, 2.05) is 52.6 Å². The highest BCUT2D eigenvalue weighted by Crippen LogP contribution is 2.59. The molecule has 0 spiro atoms. The summed E-state index contributed by atoms with van der Waals surface area (Å²) in [7, 11) is -10.2. The van der Waals surface area contributed by atoms with Crippen molar-refractivity contribution in [2.45, 2.75) is 134 Å². The van der Waals surface area contributed by atoms with Crippen molar-refractivity contribution in [1.82, 2.24) is 14.9 Å². The minimum Gasteiger partial charge on any atom is -0.756 e. The highest BCUT2D eigenvalue weighted by atomic mass is 31.3. The Morgan fingerprint density at radius 2 is 1.69 bits per heavy atom. The van der Waals surface area contributed by atoms with Crippen molar-refractivity contribution in [3.8, 4) is 6.07 Å². The van der Waals surface area contributed by atoms with Crippen LogP contribution in [0.2, 0.25) is 10.1 Å². The number of aromatic nitrogens is 2. The first kappa shape index (κ1) is 47.7. The van der Waals surface area contributed by atoms with Gasteiger partial charge in [-0.2, -0.15) is 5.26 Å². The summed E-state index contributed by atoms with van der Waals surface area (Å²) in [5, 5.41) is 10.9. The molecule has 1 amide bonds. The normalized spacial score (nSPS) is 29.9. The Labute approximate surface area is 336 Å². The van der Waals surface area contributed by atoms with E-state index < -0.39 is 126 Å². The number of nitrogens with zero attached hydrogens (tertiary/aromatic N) is 2. The average molecular weight is 882 g/mol. The number of carbonyl (C=O) groups excluding carboxylic acids is 3. The van der Waals surface area contributed by atoms with E-state index in [1.54, 1.807) is 0 Å². The average Bonchev–Trinajstić information content (AvgIpc) is 3.40. The van der Waals surface area contributed by atoms with Gasteiger partial charge in [-0.3, -0.25) is 37.8 Å². The molecule has 0 bridgehead atoms. The number of fused-ring (bicyclic) bond motifs is 1. The molecule has 0 aliphatic carbocycles. The van der Waals surface area contributed by atoms with E-state index in [0.29, 0.717) is 0 Å². The van der Waals surface area contributed by atoms with Gasteiger partial charge in [-0.1, -0.05) is 41.5 Å². The summed E-state index contributed by atoms with van der Waals surface area (Å²) in [6.07, 6.45) is -9.36. The van der Waals surface area contributed by atoms with Crippen molar-refractivity contribution in [2.75, 3.05) is 26.9 Å². The maximum absolute atomic E-state index is 13.6. The number of phosphoric acid groups is 1. The number of rotatable bonds is 15. The van der Waals surface area contributed by atoms with E-state index in [9.17, 15) is 33.4 Å². The molecule has 11 atom stereocenters. The van der Waals surface area contributed by atoms with Gasteiger partial charge < -0.3 is 51.8 Å². The standard InChI is InChI=1S/C33H52N4O18P2Si/c1-18(38)35-24-27(45-10)26-22(17-48-58(54-26,32(4,5)6)33(7,8)9)52-30(24)53-57(43,44)55-56(46-15-11-13-34)47-16-21-25(49-19(2)39)28(50-20(3)40)29(51-21)37-14-12-23(41)36-31(37)42/h12,14,21-22,24-30H,11,15-17H2,1-10H3,(H,35,38)(H,43,44)(H,36,41,42)/p-1. The Hall–Kier alpha value is -2.94.